The molecule has 40 heavy (non-hydrogen) atoms. The van der Waals surface area contributed by atoms with Crippen molar-refractivity contribution in [2.45, 2.75) is 59.0 Å². The maximum Gasteiger partial charge on any atom is 0.243 e. The number of nitrogens with zero attached hydrogens (tertiary/aromatic N) is 4. The van der Waals surface area contributed by atoms with Gasteiger partial charge in [-0.15, -0.1) is 10.2 Å². The van der Waals surface area contributed by atoms with E-state index in [0.717, 1.165) is 41.5 Å². The van der Waals surface area contributed by atoms with E-state index in [0.29, 0.717) is 25.3 Å². The van der Waals surface area contributed by atoms with Crippen molar-refractivity contribution in [3.8, 4) is 22.5 Å². The molecule has 0 aliphatic rings. The molecule has 0 aliphatic heterocycles. The van der Waals surface area contributed by atoms with E-state index in [4.69, 9.17) is 0 Å². The van der Waals surface area contributed by atoms with Gasteiger partial charge in [-0.1, -0.05) is 106 Å². The molecule has 2 amide bonds. The van der Waals surface area contributed by atoms with E-state index in [2.05, 4.69) is 45.0 Å². The monoisotopic (exact) mass is 538 g/mol. The standard InChI is InChI=1S/C32H38N6O2/c1-4-5-15-29(39)38(30(23(2)3)32(40)33-21-20-24-11-7-6-8-12-24)22-25-16-18-26(19-17-25)27-13-9-10-14-28(27)31-34-36-37-35-31/h6-14,16-19,23,30H,4-5,15,20-22H2,1-3H3,(H,33,40)(H,34,35,36,37). The molecule has 1 heterocycles. The molecule has 3 aromatic carbocycles. The molecule has 1 atom stereocenters. The second-order valence-electron chi connectivity index (χ2n) is 10.3. The molecule has 208 valence electrons. The topological polar surface area (TPSA) is 104 Å². The SMILES string of the molecule is CCCCC(=O)N(Cc1ccc(-c2ccccc2-c2nn[nH]n2)cc1)C(C(=O)NCCc1ccccc1)C(C)C. The number of H-pyrrole nitrogens is 1. The zero-order valence-corrected chi connectivity index (χ0v) is 23.5. The molecular formula is C32H38N6O2. The predicted octanol–water partition coefficient (Wildman–Crippen LogP) is 5.44. The van der Waals surface area contributed by atoms with E-state index in [1.165, 1.54) is 5.56 Å². The lowest BCUT2D eigenvalue weighted by Crippen LogP contribution is -2.52. The summed E-state index contributed by atoms with van der Waals surface area (Å²) in [4.78, 5) is 28.7. The molecule has 0 fully saturated rings. The molecule has 4 aromatic rings. The van der Waals surface area contributed by atoms with Crippen molar-refractivity contribution in [2.24, 2.45) is 5.92 Å². The number of carbonyl (C=O) groups is 2. The van der Waals surface area contributed by atoms with Crippen molar-refractivity contribution in [3.05, 3.63) is 90.0 Å². The van der Waals surface area contributed by atoms with Gasteiger partial charge in [0, 0.05) is 25.1 Å². The van der Waals surface area contributed by atoms with Crippen LogP contribution in [0.15, 0.2) is 78.9 Å². The average Bonchev–Trinajstić information content (AvgIpc) is 3.51. The minimum absolute atomic E-state index is 0.00490. The van der Waals surface area contributed by atoms with Crippen LogP contribution >= 0.6 is 0 Å². The third kappa shape index (κ3) is 7.40. The zero-order chi connectivity index (χ0) is 28.3. The molecule has 2 N–H and O–H groups in total. The summed E-state index contributed by atoms with van der Waals surface area (Å²) in [5, 5.41) is 17.6. The lowest BCUT2D eigenvalue weighted by atomic mass is 9.97. The van der Waals surface area contributed by atoms with Gasteiger partial charge < -0.3 is 10.2 Å². The predicted molar refractivity (Wildman–Crippen MR) is 157 cm³/mol. The molecule has 0 saturated carbocycles. The highest BCUT2D eigenvalue weighted by molar-refractivity contribution is 5.88. The van der Waals surface area contributed by atoms with Crippen LogP contribution < -0.4 is 5.32 Å². The maximum atomic E-state index is 13.4. The summed E-state index contributed by atoms with van der Waals surface area (Å²) >= 11 is 0. The number of hydrogen-bond acceptors (Lipinski definition) is 5. The summed E-state index contributed by atoms with van der Waals surface area (Å²) in [5.74, 6) is 0.389. The van der Waals surface area contributed by atoms with Gasteiger partial charge in [0.25, 0.3) is 0 Å². The van der Waals surface area contributed by atoms with Gasteiger partial charge in [-0.3, -0.25) is 9.59 Å². The fourth-order valence-corrected chi connectivity index (χ4v) is 4.89. The van der Waals surface area contributed by atoms with Gasteiger partial charge in [0.15, 0.2) is 0 Å². The average molecular weight is 539 g/mol. The maximum absolute atomic E-state index is 13.4. The highest BCUT2D eigenvalue weighted by Gasteiger charge is 2.32. The lowest BCUT2D eigenvalue weighted by molar-refractivity contribution is -0.143. The molecule has 0 bridgehead atoms. The first-order chi connectivity index (χ1) is 19.5. The van der Waals surface area contributed by atoms with E-state index < -0.39 is 6.04 Å². The van der Waals surface area contributed by atoms with Crippen LogP contribution in [0.5, 0.6) is 0 Å². The molecule has 1 aromatic heterocycles. The lowest BCUT2D eigenvalue weighted by Gasteiger charge is -2.34. The van der Waals surface area contributed by atoms with Gasteiger partial charge in [0.05, 0.1) is 0 Å². The fourth-order valence-electron chi connectivity index (χ4n) is 4.89. The summed E-state index contributed by atoms with van der Waals surface area (Å²) in [7, 11) is 0. The minimum atomic E-state index is -0.557. The van der Waals surface area contributed by atoms with Crippen LogP contribution in [0.2, 0.25) is 0 Å². The van der Waals surface area contributed by atoms with Gasteiger partial charge in [-0.25, -0.2) is 0 Å². The van der Waals surface area contributed by atoms with Gasteiger partial charge in [-0.2, -0.15) is 5.21 Å². The second kappa shape index (κ2) is 14.2. The third-order valence-corrected chi connectivity index (χ3v) is 6.99. The van der Waals surface area contributed by atoms with E-state index in [1.54, 1.807) is 4.90 Å². The Morgan fingerprint density at radius 3 is 2.25 bits per heavy atom. The highest BCUT2D eigenvalue weighted by Crippen LogP contribution is 2.30. The number of rotatable bonds is 13. The number of aromatic amines is 1. The molecule has 4 rings (SSSR count). The first-order valence-corrected chi connectivity index (χ1v) is 14.0. The Balaban J connectivity index is 1.52. The number of benzene rings is 3. The third-order valence-electron chi connectivity index (χ3n) is 6.99. The second-order valence-corrected chi connectivity index (χ2v) is 10.3. The molecule has 0 spiro atoms. The molecule has 0 saturated heterocycles. The first kappa shape index (κ1) is 28.7. The zero-order valence-electron chi connectivity index (χ0n) is 23.5. The Morgan fingerprint density at radius 1 is 0.900 bits per heavy atom. The number of unbranched alkanes of at least 4 members (excludes halogenated alkanes) is 1. The largest absolute Gasteiger partial charge is 0.354 e. The smallest absolute Gasteiger partial charge is 0.243 e. The van der Waals surface area contributed by atoms with Gasteiger partial charge in [0.1, 0.15) is 6.04 Å². The van der Waals surface area contributed by atoms with Crippen LogP contribution in [0.3, 0.4) is 0 Å². The number of aromatic nitrogens is 4. The summed E-state index contributed by atoms with van der Waals surface area (Å²) in [6.07, 6.45) is 2.88. The normalized spacial score (nSPS) is 11.8. The Labute approximate surface area is 236 Å². The van der Waals surface area contributed by atoms with Crippen LogP contribution in [0.25, 0.3) is 22.5 Å². The van der Waals surface area contributed by atoms with E-state index >= 15 is 0 Å². The van der Waals surface area contributed by atoms with Crippen molar-refractivity contribution in [1.29, 1.82) is 0 Å². The van der Waals surface area contributed by atoms with Crippen LogP contribution in [0.4, 0.5) is 0 Å². The fraction of sp³-hybridized carbons (Fsp3) is 0.344. The first-order valence-electron chi connectivity index (χ1n) is 14.0. The van der Waals surface area contributed by atoms with Crippen molar-refractivity contribution in [3.63, 3.8) is 0 Å². The Kier molecular flexibility index (Phi) is 10.2. The molecule has 8 nitrogen and oxygen atoms in total. The Morgan fingerprint density at radius 2 is 1.60 bits per heavy atom. The summed E-state index contributed by atoms with van der Waals surface area (Å²) < 4.78 is 0. The van der Waals surface area contributed by atoms with Gasteiger partial charge >= 0.3 is 0 Å². The quantitative estimate of drug-likeness (QED) is 0.236. The highest BCUT2D eigenvalue weighted by atomic mass is 16.2. The Bertz CT molecular complexity index is 1350. The van der Waals surface area contributed by atoms with Gasteiger partial charge in [0.2, 0.25) is 17.6 Å². The van der Waals surface area contributed by atoms with Crippen molar-refractivity contribution >= 4 is 11.8 Å². The van der Waals surface area contributed by atoms with Crippen molar-refractivity contribution < 1.29 is 9.59 Å². The van der Waals surface area contributed by atoms with Crippen LogP contribution in [-0.4, -0.2) is 49.9 Å². The summed E-state index contributed by atoms with van der Waals surface area (Å²) in [6, 6.07) is 25.5. The number of hydrogen-bond donors (Lipinski definition) is 2. The van der Waals surface area contributed by atoms with Gasteiger partial charge in [-0.05, 0) is 46.2 Å². The van der Waals surface area contributed by atoms with Crippen LogP contribution in [0, 0.1) is 5.92 Å². The van der Waals surface area contributed by atoms with Crippen LogP contribution in [0.1, 0.15) is 51.2 Å². The van der Waals surface area contributed by atoms with E-state index in [-0.39, 0.29) is 17.7 Å². The number of carbonyl (C=O) groups excluding carboxylic acids is 2. The molecule has 0 aliphatic carbocycles. The molecule has 0 radical (unpaired) electrons. The summed E-state index contributed by atoms with van der Waals surface area (Å²) in [6.45, 7) is 6.96. The minimum Gasteiger partial charge on any atom is -0.354 e. The Hall–Kier alpha value is -4.33. The number of tetrazole rings is 1. The van der Waals surface area contributed by atoms with E-state index in [9.17, 15) is 9.59 Å². The van der Waals surface area contributed by atoms with Crippen molar-refractivity contribution in [1.82, 2.24) is 30.8 Å². The van der Waals surface area contributed by atoms with E-state index in [1.807, 2.05) is 80.6 Å². The number of nitrogens with one attached hydrogen (secondary N) is 2. The molecular weight excluding hydrogens is 500 g/mol. The van der Waals surface area contributed by atoms with Crippen LogP contribution in [-0.2, 0) is 22.6 Å². The molecule has 1 unspecified atom stereocenters. The van der Waals surface area contributed by atoms with Crippen molar-refractivity contribution in [2.75, 3.05) is 6.54 Å². The molecule has 8 heteroatoms. The number of amides is 2. The summed E-state index contributed by atoms with van der Waals surface area (Å²) in [5.41, 5.74) is 5.01.